The number of hydrogen-bond acceptors (Lipinski definition) is 3. The minimum absolute atomic E-state index is 0.200. The van der Waals surface area contributed by atoms with Gasteiger partial charge in [-0.3, -0.25) is 4.99 Å². The van der Waals surface area contributed by atoms with Crippen molar-refractivity contribution < 1.29 is 9.31 Å². The molecule has 11 heavy (non-hydrogen) atoms. The summed E-state index contributed by atoms with van der Waals surface area (Å²) < 4.78 is 10.6. The maximum Gasteiger partial charge on any atom is 0.490 e. The van der Waals surface area contributed by atoms with Gasteiger partial charge < -0.3 is 9.31 Å². The summed E-state index contributed by atoms with van der Waals surface area (Å²) in [6.45, 7) is 6.82. The molecule has 3 nitrogen and oxygen atoms in total. The monoisotopic (exact) mass is 153 g/mol. The fourth-order valence-electron chi connectivity index (χ4n) is 0.956. The Hall–Kier alpha value is -0.605. The van der Waals surface area contributed by atoms with Crippen LogP contribution >= 0.6 is 0 Å². The van der Waals surface area contributed by atoms with Gasteiger partial charge in [-0.05, 0) is 25.5 Å². The van der Waals surface area contributed by atoms with Gasteiger partial charge in [0.1, 0.15) is 0 Å². The second-order valence-electron chi connectivity index (χ2n) is 2.48. The van der Waals surface area contributed by atoms with Crippen LogP contribution < -0.4 is 0 Å². The lowest BCUT2D eigenvalue weighted by Gasteiger charge is -2.19. The normalized spacial score (nSPS) is 20.1. The molecule has 0 unspecified atom stereocenters. The first-order chi connectivity index (χ1) is 5.34. The second kappa shape index (κ2) is 4.31. The molecule has 60 valence electrons. The largest absolute Gasteiger partial charge is 0.490 e. The van der Waals surface area contributed by atoms with Gasteiger partial charge >= 0.3 is 7.12 Å². The number of allylic oxidation sites excluding steroid dienone is 1. The van der Waals surface area contributed by atoms with Crippen molar-refractivity contribution in [3.8, 4) is 0 Å². The first-order valence-corrected chi connectivity index (χ1v) is 3.70. The smallest absolute Gasteiger partial charge is 0.407 e. The quantitative estimate of drug-likeness (QED) is 0.438. The lowest BCUT2D eigenvalue weighted by atomic mass is 9.79. The van der Waals surface area contributed by atoms with Crippen LogP contribution in [0, 0.1) is 0 Å². The Kier molecular flexibility index (Phi) is 3.33. The van der Waals surface area contributed by atoms with Crippen molar-refractivity contribution in [3.05, 3.63) is 11.7 Å². The Bertz CT molecular complexity index is 164. The molecule has 0 aromatic rings. The molecule has 0 saturated carbocycles. The van der Waals surface area contributed by atoms with Gasteiger partial charge in [-0.25, -0.2) is 0 Å². The van der Waals surface area contributed by atoms with Crippen LogP contribution in [0.25, 0.3) is 0 Å². The summed E-state index contributed by atoms with van der Waals surface area (Å²) in [5, 5.41) is 0. The summed E-state index contributed by atoms with van der Waals surface area (Å²) in [7, 11) is -0.200. The van der Waals surface area contributed by atoms with Gasteiger partial charge in [-0.15, -0.1) is 0 Å². The van der Waals surface area contributed by atoms with Gasteiger partial charge in [-0.2, -0.15) is 0 Å². The molecule has 1 fully saturated rings. The van der Waals surface area contributed by atoms with Crippen molar-refractivity contribution >= 4 is 13.8 Å². The van der Waals surface area contributed by atoms with Gasteiger partial charge in [0, 0.05) is 19.4 Å². The van der Waals surface area contributed by atoms with Crippen molar-refractivity contribution in [2.75, 3.05) is 13.2 Å². The SMILES string of the molecule is C=NC=C(C)B1OCCCO1. The third-order valence-electron chi connectivity index (χ3n) is 1.49. The first-order valence-electron chi connectivity index (χ1n) is 3.70. The zero-order valence-electron chi connectivity index (χ0n) is 6.75. The summed E-state index contributed by atoms with van der Waals surface area (Å²) in [6, 6.07) is 0. The molecule has 1 aliphatic rings. The lowest BCUT2D eigenvalue weighted by molar-refractivity contribution is 0.140. The summed E-state index contributed by atoms with van der Waals surface area (Å²) in [5.41, 5.74) is 0.972. The number of rotatable bonds is 2. The molecule has 0 atom stereocenters. The molecule has 0 spiro atoms. The van der Waals surface area contributed by atoms with E-state index < -0.39 is 0 Å². The van der Waals surface area contributed by atoms with Crippen LogP contribution in [0.15, 0.2) is 16.7 Å². The van der Waals surface area contributed by atoms with E-state index in [1.54, 1.807) is 6.20 Å². The van der Waals surface area contributed by atoms with Gasteiger partial charge in [0.15, 0.2) is 0 Å². The van der Waals surface area contributed by atoms with E-state index in [0.29, 0.717) is 0 Å². The van der Waals surface area contributed by atoms with Crippen LogP contribution in [0.2, 0.25) is 0 Å². The van der Waals surface area contributed by atoms with Crippen molar-refractivity contribution in [2.45, 2.75) is 13.3 Å². The molecule has 1 heterocycles. The minimum Gasteiger partial charge on any atom is -0.407 e. The van der Waals surface area contributed by atoms with Gasteiger partial charge in [-0.1, -0.05) is 0 Å². The number of aliphatic imine (C=N–C) groups is 1. The van der Waals surface area contributed by atoms with Crippen molar-refractivity contribution in [3.63, 3.8) is 0 Å². The third-order valence-corrected chi connectivity index (χ3v) is 1.49. The maximum absolute atomic E-state index is 5.31. The van der Waals surface area contributed by atoms with E-state index in [1.807, 2.05) is 6.92 Å². The van der Waals surface area contributed by atoms with Crippen LogP contribution in [0.3, 0.4) is 0 Å². The van der Waals surface area contributed by atoms with Crippen LogP contribution in [0.1, 0.15) is 13.3 Å². The van der Waals surface area contributed by atoms with E-state index in [0.717, 1.165) is 25.1 Å². The zero-order chi connectivity index (χ0) is 8.10. The standard InChI is InChI=1S/C7H12BNO2/c1-7(6-9-2)8-10-4-3-5-11-8/h6H,2-5H2,1H3. The molecule has 0 aromatic heterocycles. The highest BCUT2D eigenvalue weighted by atomic mass is 16.6. The van der Waals surface area contributed by atoms with E-state index in [2.05, 4.69) is 11.7 Å². The highest BCUT2D eigenvalue weighted by molar-refractivity contribution is 6.53. The number of nitrogens with zero attached hydrogens (tertiary/aromatic N) is 1. The van der Waals surface area contributed by atoms with Crippen molar-refractivity contribution in [1.29, 1.82) is 0 Å². The van der Waals surface area contributed by atoms with Crippen molar-refractivity contribution in [1.82, 2.24) is 0 Å². The predicted molar refractivity (Wildman–Crippen MR) is 45.6 cm³/mol. The summed E-state index contributed by atoms with van der Waals surface area (Å²) in [6.07, 6.45) is 2.64. The topological polar surface area (TPSA) is 30.8 Å². The lowest BCUT2D eigenvalue weighted by Crippen LogP contribution is -2.30. The van der Waals surface area contributed by atoms with Crippen LogP contribution in [-0.4, -0.2) is 27.0 Å². The molecule has 4 heteroatoms. The molecule has 0 N–H and O–H groups in total. The first kappa shape index (κ1) is 8.49. The van der Waals surface area contributed by atoms with E-state index in [9.17, 15) is 0 Å². The zero-order valence-corrected chi connectivity index (χ0v) is 6.75. The molecule has 1 rings (SSSR count). The Morgan fingerprint density at radius 1 is 1.55 bits per heavy atom. The Morgan fingerprint density at radius 2 is 2.18 bits per heavy atom. The average molecular weight is 153 g/mol. The van der Waals surface area contributed by atoms with Crippen LogP contribution in [0.5, 0.6) is 0 Å². The predicted octanol–water partition coefficient (Wildman–Crippen LogP) is 1.06. The van der Waals surface area contributed by atoms with Gasteiger partial charge in [0.2, 0.25) is 0 Å². The van der Waals surface area contributed by atoms with E-state index in [-0.39, 0.29) is 7.12 Å². The summed E-state index contributed by atoms with van der Waals surface area (Å²) in [5.74, 6) is 0. The fraction of sp³-hybridized carbons (Fsp3) is 0.571. The maximum atomic E-state index is 5.31. The fourth-order valence-corrected chi connectivity index (χ4v) is 0.956. The van der Waals surface area contributed by atoms with Gasteiger partial charge in [0.25, 0.3) is 0 Å². The Balaban J connectivity index is 2.44. The average Bonchev–Trinajstić information content (AvgIpc) is 2.07. The molecule has 1 aliphatic heterocycles. The summed E-state index contributed by atoms with van der Waals surface area (Å²) in [4.78, 5) is 3.64. The van der Waals surface area contributed by atoms with E-state index in [1.165, 1.54) is 0 Å². The highest BCUT2D eigenvalue weighted by Gasteiger charge is 2.23. The number of hydrogen-bond donors (Lipinski definition) is 0. The molecular weight excluding hydrogens is 141 g/mol. The molecule has 0 aliphatic carbocycles. The molecule has 0 amide bonds. The third kappa shape index (κ3) is 2.48. The minimum atomic E-state index is -0.200. The van der Waals surface area contributed by atoms with E-state index in [4.69, 9.17) is 9.31 Å². The molecular formula is C7H12BNO2. The van der Waals surface area contributed by atoms with Crippen molar-refractivity contribution in [2.24, 2.45) is 4.99 Å². The van der Waals surface area contributed by atoms with Crippen LogP contribution in [-0.2, 0) is 9.31 Å². The molecule has 1 saturated heterocycles. The Morgan fingerprint density at radius 3 is 2.73 bits per heavy atom. The highest BCUT2D eigenvalue weighted by Crippen LogP contribution is 2.08. The van der Waals surface area contributed by atoms with E-state index >= 15 is 0 Å². The Labute approximate surface area is 67.2 Å². The summed E-state index contributed by atoms with van der Waals surface area (Å²) >= 11 is 0. The molecule has 0 radical (unpaired) electrons. The van der Waals surface area contributed by atoms with Gasteiger partial charge in [0.05, 0.1) is 0 Å². The molecule has 0 aromatic carbocycles. The second-order valence-corrected chi connectivity index (χ2v) is 2.48. The molecule has 0 bridgehead atoms. The van der Waals surface area contributed by atoms with Crippen LogP contribution in [0.4, 0.5) is 0 Å².